The molecule has 9 atom stereocenters. The minimum Gasteiger partial charge on any atom is -0.507 e. The molecule has 1 saturated heterocycles. The van der Waals surface area contributed by atoms with Crippen LogP contribution in [0.4, 0.5) is 0 Å². The van der Waals surface area contributed by atoms with Gasteiger partial charge in [0.1, 0.15) is 24.2 Å². The fraction of sp³-hybridized carbons (Fsp3) is 0.568. The molecule has 5 N–H and O–H groups in total. The van der Waals surface area contributed by atoms with Gasteiger partial charge in [-0.15, -0.1) is 0 Å². The van der Waals surface area contributed by atoms with Crippen LogP contribution in [0.15, 0.2) is 53.1 Å². The molecule has 60 heavy (non-hydrogen) atoms. The molecular weight excluding hydrogens is 778 g/mol. The second-order valence-corrected chi connectivity index (χ2v) is 16.4. The van der Waals surface area contributed by atoms with Crippen LogP contribution in [-0.2, 0) is 28.6 Å². The first-order valence-electron chi connectivity index (χ1n) is 20.4. The zero-order valence-electron chi connectivity index (χ0n) is 35.8. The normalized spacial score (nSPS) is 33.5. The van der Waals surface area contributed by atoms with E-state index in [9.17, 15) is 39.6 Å². The smallest absolute Gasteiger partial charge is 0.302 e. The number of aliphatic hydroxyl groups is 3. The molecule has 1 aromatic carbocycles. The summed E-state index contributed by atoms with van der Waals surface area (Å²) in [4.78, 5) is 61.9. The molecule has 1 aromatic rings. The van der Waals surface area contributed by atoms with Crippen LogP contribution in [-0.4, -0.2) is 124 Å². The number of aliphatic hydroxyl groups excluding tert-OH is 3. The van der Waals surface area contributed by atoms with Gasteiger partial charge in [0.2, 0.25) is 5.78 Å². The molecule has 6 rings (SSSR count). The van der Waals surface area contributed by atoms with Gasteiger partial charge in [0.05, 0.1) is 53.1 Å². The zero-order chi connectivity index (χ0) is 44.2. The summed E-state index contributed by atoms with van der Waals surface area (Å²) in [5, 5.41) is 51.2. The average molecular weight is 838 g/mol. The Balaban J connectivity index is 1.61. The number of esters is 1. The predicted molar refractivity (Wildman–Crippen MR) is 219 cm³/mol. The minimum absolute atomic E-state index is 0.0176. The van der Waals surface area contributed by atoms with Gasteiger partial charge in [-0.25, -0.2) is 0 Å². The minimum atomic E-state index is -1.81. The third kappa shape index (κ3) is 9.68. The Labute approximate surface area is 350 Å². The number of carbonyl (C=O) groups is 4. The van der Waals surface area contributed by atoms with Gasteiger partial charge >= 0.3 is 5.97 Å². The van der Waals surface area contributed by atoms with Gasteiger partial charge in [-0.3, -0.25) is 24.1 Å². The van der Waals surface area contributed by atoms with E-state index in [0.717, 1.165) is 6.08 Å². The monoisotopic (exact) mass is 837 g/mol. The van der Waals surface area contributed by atoms with Gasteiger partial charge in [0.15, 0.2) is 11.5 Å². The largest absolute Gasteiger partial charge is 0.507 e. The summed E-state index contributed by atoms with van der Waals surface area (Å²) in [6.07, 6.45) is 5.62. The number of phenols is 1. The molecule has 328 valence electrons. The summed E-state index contributed by atoms with van der Waals surface area (Å²) >= 11 is 0. The molecule has 4 heterocycles. The molecule has 1 amide bonds. The molecule has 0 spiro atoms. The first-order chi connectivity index (χ1) is 28.3. The molecule has 1 fully saturated rings. The molecule has 0 saturated carbocycles. The number of benzene rings is 1. The lowest BCUT2D eigenvalue weighted by atomic mass is 9.78. The summed E-state index contributed by atoms with van der Waals surface area (Å²) in [6.45, 7) is 14.7. The number of methoxy groups -OCH3 is 1. The number of rotatable bonds is 6. The van der Waals surface area contributed by atoms with Crippen molar-refractivity contribution in [2.75, 3.05) is 33.4 Å². The van der Waals surface area contributed by atoms with E-state index in [1.54, 1.807) is 45.9 Å². The fourth-order valence-corrected chi connectivity index (χ4v) is 8.19. The van der Waals surface area contributed by atoms with Gasteiger partial charge in [0, 0.05) is 81.5 Å². The highest BCUT2D eigenvalue weighted by Gasteiger charge is 2.51. The highest BCUT2D eigenvalue weighted by Crippen LogP contribution is 2.48. The van der Waals surface area contributed by atoms with Crippen molar-refractivity contribution in [2.24, 2.45) is 28.8 Å². The maximum Gasteiger partial charge on any atom is 0.302 e. The number of phenolic OH excluding ortho intramolecular Hbond substituents is 1. The quantitative estimate of drug-likeness (QED) is 0.157. The van der Waals surface area contributed by atoms with E-state index >= 15 is 0 Å². The summed E-state index contributed by atoms with van der Waals surface area (Å²) in [6, 6.07) is 0. The Morgan fingerprint density at radius 2 is 1.67 bits per heavy atom. The summed E-state index contributed by atoms with van der Waals surface area (Å²) in [7, 11) is 1.46. The number of hydrogen-bond acceptors (Lipinski definition) is 15. The lowest BCUT2D eigenvalue weighted by Crippen LogP contribution is -2.46. The number of nitrogens with zero attached hydrogens (tertiary/aromatic N) is 2. The van der Waals surface area contributed by atoms with Crippen molar-refractivity contribution in [3.8, 4) is 11.5 Å². The van der Waals surface area contributed by atoms with E-state index in [4.69, 9.17) is 23.8 Å². The Bertz CT molecular complexity index is 1980. The lowest BCUT2D eigenvalue weighted by Gasteiger charge is -2.38. The number of ether oxygens (including phenoxy) is 4. The number of aromatic hydroxyl groups is 1. The van der Waals surface area contributed by atoms with Crippen molar-refractivity contribution < 1.29 is 63.4 Å². The molecule has 4 aliphatic heterocycles. The van der Waals surface area contributed by atoms with Crippen molar-refractivity contribution in [1.29, 1.82) is 0 Å². The number of carbonyl (C=O) groups excluding carboxylic acids is 4. The van der Waals surface area contributed by atoms with Crippen LogP contribution in [0.5, 0.6) is 11.5 Å². The number of amides is 1. The highest BCUT2D eigenvalue weighted by atomic mass is 16.7. The van der Waals surface area contributed by atoms with Crippen LogP contribution >= 0.6 is 0 Å². The molecule has 5 bridgehead atoms. The molecule has 16 heteroatoms. The van der Waals surface area contributed by atoms with Crippen LogP contribution in [0.25, 0.3) is 0 Å². The molecule has 16 nitrogen and oxygen atoms in total. The Morgan fingerprint density at radius 1 is 0.983 bits per heavy atom. The Morgan fingerprint density at radius 3 is 2.32 bits per heavy atom. The highest BCUT2D eigenvalue weighted by molar-refractivity contribution is 6.31. The molecule has 5 aliphatic rings. The van der Waals surface area contributed by atoms with E-state index in [1.807, 2.05) is 0 Å². The first kappa shape index (κ1) is 46.2. The van der Waals surface area contributed by atoms with Gasteiger partial charge in [-0.2, -0.15) is 0 Å². The number of oxime groups is 1. The van der Waals surface area contributed by atoms with E-state index in [1.165, 1.54) is 47.1 Å². The third-order valence-corrected chi connectivity index (χ3v) is 12.0. The average Bonchev–Trinajstić information content (AvgIpc) is 3.50. The zero-order valence-corrected chi connectivity index (χ0v) is 35.8. The molecule has 0 unspecified atom stereocenters. The van der Waals surface area contributed by atoms with Crippen LogP contribution < -0.4 is 10.1 Å². The number of nitrogens with one attached hydrogen (secondary N) is 1. The van der Waals surface area contributed by atoms with Crippen molar-refractivity contribution in [2.45, 2.75) is 105 Å². The van der Waals surface area contributed by atoms with Gasteiger partial charge in [0.25, 0.3) is 11.7 Å². The third-order valence-electron chi connectivity index (χ3n) is 12.0. The van der Waals surface area contributed by atoms with Gasteiger partial charge in [-0.05, 0) is 32.8 Å². The summed E-state index contributed by atoms with van der Waals surface area (Å²) in [5.74, 6) is -7.57. The van der Waals surface area contributed by atoms with Crippen LogP contribution in [0.1, 0.15) is 93.2 Å². The molecular formula is C44H59N3O13. The second kappa shape index (κ2) is 19.2. The maximum atomic E-state index is 14.1. The lowest BCUT2D eigenvalue weighted by molar-refractivity contribution is -0.160. The van der Waals surface area contributed by atoms with Crippen molar-refractivity contribution in [1.82, 2.24) is 10.2 Å². The van der Waals surface area contributed by atoms with Crippen LogP contribution in [0.3, 0.4) is 0 Å². The number of likely N-dealkylation sites (tertiary alicyclic amines) is 1. The SMILES string of the molecule is CO[C@H]1/C=C/O[C@@]2(C)Oc3c(C)c(O)c4c(c3/C2=N/OCCN2CCC(O)CC2)C(=O)C=C(NC(=O)/C(C)=C\C=C\[C@H](C)[C@H](O)[C@@H](C)[C@@H](O)[C@@H](C)[C@H](OC(C)=O)[C@@H]1C)C4=O. The van der Waals surface area contributed by atoms with E-state index in [2.05, 4.69) is 15.4 Å². The number of allylic oxidation sites excluding steroid dienone is 4. The fourth-order valence-electron chi connectivity index (χ4n) is 8.19. The van der Waals surface area contributed by atoms with Gasteiger partial charge < -0.3 is 49.5 Å². The van der Waals surface area contributed by atoms with Crippen molar-refractivity contribution >= 4 is 29.2 Å². The predicted octanol–water partition coefficient (Wildman–Crippen LogP) is 3.63. The topological polar surface area (TPSA) is 223 Å². The van der Waals surface area contributed by atoms with E-state index < -0.39 is 83.1 Å². The van der Waals surface area contributed by atoms with Crippen LogP contribution in [0, 0.1) is 30.6 Å². The Hall–Kier alpha value is -4.87. The first-order valence-corrected chi connectivity index (χ1v) is 20.4. The maximum absolute atomic E-state index is 14.1. The summed E-state index contributed by atoms with van der Waals surface area (Å²) < 4.78 is 24.3. The summed E-state index contributed by atoms with van der Waals surface area (Å²) in [5.41, 5.74) is -0.613. The number of hydrogen-bond donors (Lipinski definition) is 5. The molecule has 0 aromatic heterocycles. The number of Topliss-reactive ketones (excluding diaryl/α,β-unsaturated/α-hetero) is 1. The number of ketones is 2. The standard InChI is InChI=1S/C44H59N3O13/c1-22-11-10-12-23(2)43(55)45-30-21-31(50)33-34(39(30)54)38(53)27(6)41-35(33)42(46-58-20-18-47-16-13-29(49)14-17-47)44(8,60-41)57-19-15-32(56-9)24(3)40(59-28(7)48)26(5)37(52)25(4)36(22)51/h10-12,15,19,21-22,24-26,29,32,36-37,40,49,51-53H,13-14,16-18,20H2,1-9H3,(H,45,55)/b11-10+,19-15+,23-12-,46-42-/t22-,24+,25+,26+,32-,36-,37+,40+,44-/m0/s1. The molecule has 1 aliphatic carbocycles. The van der Waals surface area contributed by atoms with Crippen LogP contribution in [0.2, 0.25) is 0 Å². The van der Waals surface area contributed by atoms with E-state index in [-0.39, 0.29) is 57.7 Å². The van der Waals surface area contributed by atoms with E-state index in [0.29, 0.717) is 32.5 Å². The van der Waals surface area contributed by atoms with Crippen molar-refractivity contribution in [3.63, 3.8) is 0 Å². The second-order valence-electron chi connectivity index (χ2n) is 16.4. The number of fused-ring (bicyclic) bond motifs is 14. The van der Waals surface area contributed by atoms with Gasteiger partial charge in [-0.1, -0.05) is 51.1 Å². The van der Waals surface area contributed by atoms with Crippen molar-refractivity contribution in [3.05, 3.63) is 70.2 Å². The number of piperidine rings is 1. The Kier molecular flexibility index (Phi) is 14.8. The molecule has 0 radical (unpaired) electrons.